The molecule has 0 unspecified atom stereocenters. The SMILES string of the molecule is O=C(O)/C=C/c1c(F)cccc1OC(F)(F)F. The smallest absolute Gasteiger partial charge is 0.478 e. The second kappa shape index (κ2) is 4.86. The Kier molecular flexibility index (Phi) is 3.72. The largest absolute Gasteiger partial charge is 0.573 e. The second-order valence-corrected chi connectivity index (χ2v) is 2.87. The van der Waals surface area contributed by atoms with Crippen molar-refractivity contribution in [3.8, 4) is 5.75 Å². The minimum absolute atomic E-state index is 0.516. The van der Waals surface area contributed by atoms with Gasteiger partial charge in [0, 0.05) is 6.08 Å². The highest BCUT2D eigenvalue weighted by Gasteiger charge is 2.32. The molecule has 1 aromatic rings. The van der Waals surface area contributed by atoms with Crippen LogP contribution in [-0.4, -0.2) is 17.4 Å². The molecular formula is C10H6F4O3. The van der Waals surface area contributed by atoms with Crippen LogP contribution >= 0.6 is 0 Å². The average Bonchev–Trinajstić information content (AvgIpc) is 2.13. The number of rotatable bonds is 3. The summed E-state index contributed by atoms with van der Waals surface area (Å²) in [5.41, 5.74) is -0.577. The number of carboxylic acids is 1. The molecule has 0 aliphatic carbocycles. The predicted molar refractivity (Wildman–Crippen MR) is 49.8 cm³/mol. The molecular weight excluding hydrogens is 244 g/mol. The van der Waals surface area contributed by atoms with Crippen molar-refractivity contribution in [3.05, 3.63) is 35.7 Å². The Morgan fingerprint density at radius 3 is 2.53 bits per heavy atom. The third-order valence-electron chi connectivity index (χ3n) is 1.63. The van der Waals surface area contributed by atoms with E-state index in [2.05, 4.69) is 4.74 Å². The number of hydrogen-bond acceptors (Lipinski definition) is 2. The van der Waals surface area contributed by atoms with E-state index in [1.54, 1.807) is 0 Å². The monoisotopic (exact) mass is 250 g/mol. The maximum atomic E-state index is 13.2. The summed E-state index contributed by atoms with van der Waals surface area (Å²) < 4.78 is 52.6. The summed E-state index contributed by atoms with van der Waals surface area (Å²) in [7, 11) is 0. The Balaban J connectivity index is 3.13. The fourth-order valence-electron chi connectivity index (χ4n) is 1.05. The van der Waals surface area contributed by atoms with Gasteiger partial charge in [-0.3, -0.25) is 0 Å². The zero-order chi connectivity index (χ0) is 13.1. The van der Waals surface area contributed by atoms with Crippen molar-refractivity contribution >= 4 is 12.0 Å². The number of halogens is 4. The first kappa shape index (κ1) is 13.0. The molecule has 0 heterocycles. The number of hydrogen-bond donors (Lipinski definition) is 1. The summed E-state index contributed by atoms with van der Waals surface area (Å²) in [5, 5.41) is 8.32. The maximum absolute atomic E-state index is 13.2. The lowest BCUT2D eigenvalue weighted by molar-refractivity contribution is -0.274. The zero-order valence-corrected chi connectivity index (χ0v) is 8.16. The molecule has 17 heavy (non-hydrogen) atoms. The van der Waals surface area contributed by atoms with Gasteiger partial charge in [-0.1, -0.05) is 6.07 Å². The topological polar surface area (TPSA) is 46.5 Å². The molecule has 0 aliphatic rings. The van der Waals surface area contributed by atoms with Crippen LogP contribution in [0.25, 0.3) is 6.08 Å². The van der Waals surface area contributed by atoms with Crippen molar-refractivity contribution in [3.63, 3.8) is 0 Å². The minimum Gasteiger partial charge on any atom is -0.478 e. The molecule has 0 aliphatic heterocycles. The number of aliphatic carboxylic acids is 1. The normalized spacial score (nSPS) is 11.8. The van der Waals surface area contributed by atoms with Crippen molar-refractivity contribution in [2.75, 3.05) is 0 Å². The average molecular weight is 250 g/mol. The van der Waals surface area contributed by atoms with Crippen LogP contribution in [0.4, 0.5) is 17.6 Å². The van der Waals surface area contributed by atoms with Gasteiger partial charge in [-0.25, -0.2) is 9.18 Å². The van der Waals surface area contributed by atoms with E-state index in [-0.39, 0.29) is 0 Å². The summed E-state index contributed by atoms with van der Waals surface area (Å²) in [5.74, 6) is -3.22. The molecule has 0 spiro atoms. The Morgan fingerprint density at radius 2 is 2.00 bits per heavy atom. The fourth-order valence-corrected chi connectivity index (χ4v) is 1.05. The summed E-state index contributed by atoms with van der Waals surface area (Å²) in [4.78, 5) is 10.2. The first-order valence-electron chi connectivity index (χ1n) is 4.25. The van der Waals surface area contributed by atoms with Crippen LogP contribution < -0.4 is 4.74 Å². The van der Waals surface area contributed by atoms with Gasteiger partial charge in [-0.2, -0.15) is 0 Å². The number of benzene rings is 1. The van der Waals surface area contributed by atoms with Gasteiger partial charge >= 0.3 is 12.3 Å². The van der Waals surface area contributed by atoms with E-state index in [1.165, 1.54) is 0 Å². The Labute approximate surface area is 92.9 Å². The minimum atomic E-state index is -4.97. The summed E-state index contributed by atoms with van der Waals surface area (Å²) in [6.45, 7) is 0. The molecule has 0 amide bonds. The van der Waals surface area contributed by atoms with Crippen LogP contribution in [0, 0.1) is 5.82 Å². The van der Waals surface area contributed by atoms with E-state index in [0.717, 1.165) is 18.2 Å². The molecule has 1 rings (SSSR count). The van der Waals surface area contributed by atoms with Crippen molar-refractivity contribution < 1.29 is 32.2 Å². The van der Waals surface area contributed by atoms with Crippen molar-refractivity contribution in [2.24, 2.45) is 0 Å². The number of carboxylic acid groups (broad SMARTS) is 1. The van der Waals surface area contributed by atoms with Gasteiger partial charge in [0.2, 0.25) is 0 Å². The van der Waals surface area contributed by atoms with Crippen LogP contribution in [0.5, 0.6) is 5.75 Å². The summed E-state index contributed by atoms with van der Waals surface area (Å²) >= 11 is 0. The van der Waals surface area contributed by atoms with E-state index >= 15 is 0 Å². The summed E-state index contributed by atoms with van der Waals surface area (Å²) in [6.07, 6.45) is -3.76. The number of alkyl halides is 3. The van der Waals surface area contributed by atoms with Crippen LogP contribution in [0.15, 0.2) is 24.3 Å². The standard InChI is InChI=1S/C10H6F4O3/c11-7-2-1-3-8(17-10(12,13)14)6(7)4-5-9(15)16/h1-5H,(H,15,16)/b5-4+. The fraction of sp³-hybridized carbons (Fsp3) is 0.100. The quantitative estimate of drug-likeness (QED) is 0.662. The highest BCUT2D eigenvalue weighted by molar-refractivity contribution is 5.85. The van der Waals surface area contributed by atoms with Crippen molar-refractivity contribution in [2.45, 2.75) is 6.36 Å². The number of carbonyl (C=O) groups is 1. The molecule has 1 aromatic carbocycles. The highest BCUT2D eigenvalue weighted by atomic mass is 19.4. The lowest BCUT2D eigenvalue weighted by Crippen LogP contribution is -2.18. The van der Waals surface area contributed by atoms with Crippen molar-refractivity contribution in [1.82, 2.24) is 0 Å². The van der Waals surface area contributed by atoms with E-state index in [4.69, 9.17) is 5.11 Å². The van der Waals surface area contributed by atoms with Crippen molar-refractivity contribution in [1.29, 1.82) is 0 Å². The molecule has 0 radical (unpaired) electrons. The van der Waals surface area contributed by atoms with Crippen LogP contribution in [-0.2, 0) is 4.79 Å². The Morgan fingerprint density at radius 1 is 1.35 bits per heavy atom. The van der Waals surface area contributed by atoms with Crippen LogP contribution in [0.2, 0.25) is 0 Å². The third-order valence-corrected chi connectivity index (χ3v) is 1.63. The molecule has 1 N–H and O–H groups in total. The lowest BCUT2D eigenvalue weighted by Gasteiger charge is -2.11. The first-order chi connectivity index (χ1) is 7.79. The van der Waals surface area contributed by atoms with E-state index in [1.807, 2.05) is 0 Å². The lowest BCUT2D eigenvalue weighted by atomic mass is 10.1. The molecule has 0 saturated carbocycles. The second-order valence-electron chi connectivity index (χ2n) is 2.87. The van der Waals surface area contributed by atoms with Gasteiger partial charge in [0.05, 0.1) is 5.56 Å². The molecule has 0 aromatic heterocycles. The van der Waals surface area contributed by atoms with E-state index < -0.39 is 29.5 Å². The first-order valence-corrected chi connectivity index (χ1v) is 4.25. The Bertz CT molecular complexity index is 451. The molecule has 0 saturated heterocycles. The molecule has 0 fully saturated rings. The van der Waals surface area contributed by atoms with Gasteiger partial charge in [-0.15, -0.1) is 13.2 Å². The molecule has 7 heteroatoms. The Hall–Kier alpha value is -2.05. The highest BCUT2D eigenvalue weighted by Crippen LogP contribution is 2.28. The zero-order valence-electron chi connectivity index (χ0n) is 8.16. The van der Waals surface area contributed by atoms with Gasteiger partial charge in [0.25, 0.3) is 0 Å². The predicted octanol–water partition coefficient (Wildman–Crippen LogP) is 2.82. The van der Waals surface area contributed by atoms with Crippen LogP contribution in [0.3, 0.4) is 0 Å². The molecule has 0 atom stereocenters. The third kappa shape index (κ3) is 4.13. The van der Waals surface area contributed by atoms with Gasteiger partial charge in [0.15, 0.2) is 0 Å². The van der Waals surface area contributed by atoms with Gasteiger partial charge in [-0.05, 0) is 18.2 Å². The van der Waals surface area contributed by atoms with Gasteiger partial charge in [0.1, 0.15) is 11.6 Å². The molecule has 92 valence electrons. The maximum Gasteiger partial charge on any atom is 0.573 e. The molecule has 0 bridgehead atoms. The van der Waals surface area contributed by atoms with Crippen LogP contribution in [0.1, 0.15) is 5.56 Å². The number of ether oxygens (including phenoxy) is 1. The summed E-state index contributed by atoms with van der Waals surface area (Å²) in [6, 6.07) is 2.80. The van der Waals surface area contributed by atoms with Gasteiger partial charge < -0.3 is 9.84 Å². The van der Waals surface area contributed by atoms with E-state index in [9.17, 15) is 22.4 Å². The van der Waals surface area contributed by atoms with E-state index in [0.29, 0.717) is 12.2 Å². The molecule has 3 nitrogen and oxygen atoms in total.